The van der Waals surface area contributed by atoms with E-state index in [0.717, 1.165) is 76.8 Å². The Bertz CT molecular complexity index is 3400. The smallest absolute Gasteiger partial charge is 0.101 e. The van der Waals surface area contributed by atoms with Gasteiger partial charge in [0.15, 0.2) is 0 Å². The molecule has 0 N–H and O–H groups in total. The highest BCUT2D eigenvalue weighted by atomic mass is 15.0. The van der Waals surface area contributed by atoms with Crippen molar-refractivity contribution in [2.75, 3.05) is 0 Å². The molecule has 3 heterocycles. The molecule has 5 heteroatoms. The van der Waals surface area contributed by atoms with Crippen LogP contribution in [-0.4, -0.2) is 13.7 Å². The summed E-state index contributed by atoms with van der Waals surface area (Å²) in [6.45, 7) is 0. The summed E-state index contributed by atoms with van der Waals surface area (Å²) < 4.78 is 6.68. The predicted molar refractivity (Wildman–Crippen MR) is 224 cm³/mol. The Morgan fingerprint density at radius 3 is 1.18 bits per heavy atom. The van der Waals surface area contributed by atoms with Gasteiger partial charge in [0.2, 0.25) is 0 Å². The lowest BCUT2D eigenvalue weighted by Gasteiger charge is -2.17. The number of rotatable bonds is 4. The Hall–Kier alpha value is -7.86. The summed E-state index contributed by atoms with van der Waals surface area (Å²) in [4.78, 5) is 0. The van der Waals surface area contributed by atoms with Crippen LogP contribution in [0.5, 0.6) is 0 Å². The molecule has 0 saturated carbocycles. The summed E-state index contributed by atoms with van der Waals surface area (Å²) in [5.41, 5.74) is 11.7. The van der Waals surface area contributed by atoms with Gasteiger partial charge in [0.1, 0.15) is 12.1 Å². The van der Waals surface area contributed by atoms with Gasteiger partial charge in [0.05, 0.1) is 55.6 Å². The second kappa shape index (κ2) is 11.8. The highest BCUT2D eigenvalue weighted by Crippen LogP contribution is 2.44. The third kappa shape index (κ3) is 4.33. The Morgan fingerprint density at radius 2 is 0.691 bits per heavy atom. The molecule has 0 aliphatic rings. The Labute approximate surface area is 316 Å². The zero-order valence-electron chi connectivity index (χ0n) is 29.5. The summed E-state index contributed by atoms with van der Waals surface area (Å²) in [6.07, 6.45) is 0. The van der Waals surface area contributed by atoms with E-state index >= 15 is 0 Å². The normalized spacial score (nSPS) is 11.6. The van der Waals surface area contributed by atoms with Crippen molar-refractivity contribution in [2.45, 2.75) is 0 Å². The fourth-order valence-corrected chi connectivity index (χ4v) is 8.88. The quantitative estimate of drug-likeness (QED) is 0.184. The van der Waals surface area contributed by atoms with Crippen molar-refractivity contribution in [1.82, 2.24) is 13.7 Å². The molecule has 0 aliphatic carbocycles. The second-order valence-electron chi connectivity index (χ2n) is 13.9. The topological polar surface area (TPSA) is 62.4 Å². The average molecular weight is 700 g/mol. The summed E-state index contributed by atoms with van der Waals surface area (Å²) in [6, 6.07) is 65.8. The number of hydrogen-bond donors (Lipinski definition) is 0. The first-order valence-corrected chi connectivity index (χ1v) is 18.3. The fraction of sp³-hybridized carbons (Fsp3) is 0. The molecule has 0 spiro atoms. The minimum atomic E-state index is 0.477. The molecule has 0 aliphatic heterocycles. The molecule has 11 rings (SSSR count). The first-order valence-electron chi connectivity index (χ1n) is 18.3. The van der Waals surface area contributed by atoms with Gasteiger partial charge >= 0.3 is 0 Å². The summed E-state index contributed by atoms with van der Waals surface area (Å²) in [7, 11) is 0. The third-order valence-electron chi connectivity index (χ3n) is 11.1. The number of aromatic nitrogens is 3. The fourth-order valence-electron chi connectivity index (χ4n) is 8.88. The van der Waals surface area contributed by atoms with Crippen molar-refractivity contribution in [3.63, 3.8) is 0 Å². The van der Waals surface area contributed by atoms with Gasteiger partial charge < -0.3 is 13.7 Å². The lowest BCUT2D eigenvalue weighted by Crippen LogP contribution is -2.04. The zero-order valence-corrected chi connectivity index (χ0v) is 29.5. The molecule has 55 heavy (non-hydrogen) atoms. The average Bonchev–Trinajstić information content (AvgIpc) is 3.89. The van der Waals surface area contributed by atoms with E-state index in [0.29, 0.717) is 22.5 Å². The van der Waals surface area contributed by atoms with Gasteiger partial charge in [-0.25, -0.2) is 0 Å². The molecule has 11 aromatic rings. The van der Waals surface area contributed by atoms with E-state index in [-0.39, 0.29) is 0 Å². The van der Waals surface area contributed by atoms with Crippen molar-refractivity contribution < 1.29 is 0 Å². The summed E-state index contributed by atoms with van der Waals surface area (Å²) in [5, 5.41) is 28.5. The van der Waals surface area contributed by atoms with Crippen LogP contribution in [0.4, 0.5) is 0 Å². The van der Waals surface area contributed by atoms with Crippen LogP contribution in [0.25, 0.3) is 93.6 Å². The molecule has 0 fully saturated rings. The van der Waals surface area contributed by atoms with Crippen LogP contribution >= 0.6 is 0 Å². The predicted octanol–water partition coefficient (Wildman–Crippen LogP) is 12.4. The minimum absolute atomic E-state index is 0.477. The number of fused-ring (bicyclic) bond motifs is 9. The van der Waals surface area contributed by atoms with Gasteiger partial charge in [-0.1, -0.05) is 127 Å². The van der Waals surface area contributed by atoms with Crippen molar-refractivity contribution >= 4 is 65.4 Å². The first kappa shape index (κ1) is 30.7. The molecule has 0 unspecified atom stereocenters. The van der Waals surface area contributed by atoms with Gasteiger partial charge in [-0.05, 0) is 48.5 Å². The summed E-state index contributed by atoms with van der Waals surface area (Å²) >= 11 is 0. The monoisotopic (exact) mass is 699 g/mol. The number of hydrogen-bond acceptors (Lipinski definition) is 2. The highest BCUT2D eigenvalue weighted by molar-refractivity contribution is 6.19. The number of nitriles is 2. The van der Waals surface area contributed by atoms with E-state index in [1.54, 1.807) is 0 Å². The van der Waals surface area contributed by atoms with Gasteiger partial charge in [-0.15, -0.1) is 0 Å². The molecule has 5 nitrogen and oxygen atoms in total. The van der Waals surface area contributed by atoms with E-state index < -0.39 is 0 Å². The zero-order chi connectivity index (χ0) is 36.6. The molecule has 0 bridgehead atoms. The lowest BCUT2D eigenvalue weighted by molar-refractivity contribution is 1.12. The molecule has 0 atom stereocenters. The SMILES string of the molecule is N#Cc1cc(-n2c3ccccc3c3cccc(-c4cccc5c6ccccc6n(-c6ccccc6)c45)c32)c(C#N)cc1-n1c2ccccc2c2ccccc21. The van der Waals surface area contributed by atoms with Crippen LogP contribution in [0.2, 0.25) is 0 Å². The Kier molecular flexibility index (Phi) is 6.61. The maximum absolute atomic E-state index is 11.0. The van der Waals surface area contributed by atoms with Crippen LogP contribution < -0.4 is 0 Å². The minimum Gasteiger partial charge on any atom is -0.309 e. The molecule has 3 aromatic heterocycles. The Balaban J connectivity index is 1.25. The van der Waals surface area contributed by atoms with E-state index in [4.69, 9.17) is 0 Å². The van der Waals surface area contributed by atoms with E-state index in [9.17, 15) is 10.5 Å². The first-order chi connectivity index (χ1) is 27.2. The van der Waals surface area contributed by atoms with Gasteiger partial charge in [-0.3, -0.25) is 0 Å². The van der Waals surface area contributed by atoms with Crippen LogP contribution in [-0.2, 0) is 0 Å². The van der Waals surface area contributed by atoms with Crippen LogP contribution in [0, 0.1) is 22.7 Å². The van der Waals surface area contributed by atoms with Gasteiger partial charge in [0, 0.05) is 49.1 Å². The second-order valence-corrected chi connectivity index (χ2v) is 13.9. The molecule has 254 valence electrons. The van der Waals surface area contributed by atoms with Crippen LogP contribution in [0.3, 0.4) is 0 Å². The van der Waals surface area contributed by atoms with E-state index in [2.05, 4.69) is 153 Å². The van der Waals surface area contributed by atoms with Gasteiger partial charge in [-0.2, -0.15) is 10.5 Å². The maximum atomic E-state index is 11.0. The van der Waals surface area contributed by atoms with Crippen molar-refractivity contribution in [3.05, 3.63) is 187 Å². The van der Waals surface area contributed by atoms with E-state index in [1.807, 2.05) is 48.5 Å². The van der Waals surface area contributed by atoms with Crippen LogP contribution in [0.1, 0.15) is 11.1 Å². The lowest BCUT2D eigenvalue weighted by atomic mass is 9.99. The van der Waals surface area contributed by atoms with E-state index in [1.165, 1.54) is 5.39 Å². The molecular weight excluding hydrogens is 671 g/mol. The van der Waals surface area contributed by atoms with Gasteiger partial charge in [0.25, 0.3) is 0 Å². The molecule has 8 aromatic carbocycles. The Morgan fingerprint density at radius 1 is 0.327 bits per heavy atom. The standard InChI is InChI=1S/C50H29N5/c51-30-32-29-48(33(31-52)28-47(32)54-44-25-9-4-16-35(44)36-17-5-10-26-45(36)54)55-46-27-11-7-19-38(46)40-21-13-23-42(50(40)55)41-22-12-20-39-37-18-6-8-24-43(37)53(49(39)41)34-14-2-1-3-15-34/h1-29H. The van der Waals surface area contributed by atoms with Crippen molar-refractivity contribution in [3.8, 4) is 40.3 Å². The summed E-state index contributed by atoms with van der Waals surface area (Å²) in [5.74, 6) is 0. The van der Waals surface area contributed by atoms with Crippen molar-refractivity contribution in [2.24, 2.45) is 0 Å². The van der Waals surface area contributed by atoms with Crippen LogP contribution in [0.15, 0.2) is 176 Å². The molecule has 0 saturated heterocycles. The molecular formula is C50H29N5. The maximum Gasteiger partial charge on any atom is 0.101 e. The number of nitrogens with zero attached hydrogens (tertiary/aromatic N) is 5. The number of para-hydroxylation sites is 7. The largest absolute Gasteiger partial charge is 0.309 e. The van der Waals surface area contributed by atoms with Crippen molar-refractivity contribution in [1.29, 1.82) is 10.5 Å². The molecule has 0 radical (unpaired) electrons. The number of benzene rings is 8. The third-order valence-corrected chi connectivity index (χ3v) is 11.1. The molecule has 0 amide bonds. The highest BCUT2D eigenvalue weighted by Gasteiger charge is 2.24.